The number of nitrogens with one attached hydrogen (secondary N) is 1. The molecule has 21 heavy (non-hydrogen) atoms. The van der Waals surface area contributed by atoms with Gasteiger partial charge in [0, 0.05) is 25.7 Å². The molecule has 0 saturated heterocycles. The van der Waals surface area contributed by atoms with Crippen LogP contribution in [0.25, 0.3) is 0 Å². The summed E-state index contributed by atoms with van der Waals surface area (Å²) in [5.41, 5.74) is 0. The van der Waals surface area contributed by atoms with E-state index >= 15 is 0 Å². The van der Waals surface area contributed by atoms with Crippen LogP contribution in [-0.2, 0) is 19.3 Å². The molecule has 0 radical (unpaired) electrons. The summed E-state index contributed by atoms with van der Waals surface area (Å²) in [6, 6.07) is 0.436. The maximum absolute atomic E-state index is 12.7. The number of halogens is 3. The normalized spacial score (nSPS) is 18.0. The van der Waals surface area contributed by atoms with E-state index in [1.807, 2.05) is 0 Å². The zero-order valence-electron chi connectivity index (χ0n) is 12.6. The Balaban J connectivity index is 1.93. The summed E-state index contributed by atoms with van der Waals surface area (Å²) in [5, 5.41) is 10.4. The zero-order chi connectivity index (χ0) is 15.6. The van der Waals surface area contributed by atoms with Crippen molar-refractivity contribution in [3.63, 3.8) is 0 Å². The van der Waals surface area contributed by atoms with Crippen LogP contribution < -0.4 is 5.32 Å². The summed E-state index contributed by atoms with van der Waals surface area (Å²) < 4.78 is 39.4. The molecule has 1 aromatic rings. The van der Waals surface area contributed by atoms with Crippen LogP contribution in [0.2, 0.25) is 0 Å². The van der Waals surface area contributed by atoms with Gasteiger partial charge < -0.3 is 9.88 Å². The Morgan fingerprint density at radius 3 is 2.52 bits per heavy atom. The van der Waals surface area contributed by atoms with E-state index in [-0.39, 0.29) is 0 Å². The lowest BCUT2D eigenvalue weighted by Gasteiger charge is -2.30. The minimum absolute atomic E-state index is 0.293. The minimum atomic E-state index is -4.43. The Morgan fingerprint density at radius 2 is 1.90 bits per heavy atom. The van der Waals surface area contributed by atoms with Gasteiger partial charge in [-0.2, -0.15) is 13.2 Å². The summed E-state index contributed by atoms with van der Waals surface area (Å²) in [6.45, 7) is 9.37. The van der Waals surface area contributed by atoms with E-state index in [0.717, 1.165) is 13.1 Å². The third-order valence-electron chi connectivity index (χ3n) is 3.53. The highest BCUT2D eigenvalue weighted by atomic mass is 19.4. The van der Waals surface area contributed by atoms with Gasteiger partial charge in [-0.3, -0.25) is 4.90 Å². The van der Waals surface area contributed by atoms with Crippen LogP contribution in [0.15, 0.2) is 0 Å². The first-order chi connectivity index (χ1) is 9.77. The fraction of sp³-hybridized carbons (Fsp3) is 0.846. The van der Waals surface area contributed by atoms with Crippen molar-refractivity contribution in [3.8, 4) is 0 Å². The van der Waals surface area contributed by atoms with Crippen LogP contribution in [0.5, 0.6) is 0 Å². The highest BCUT2D eigenvalue weighted by molar-refractivity contribution is 5.02. The van der Waals surface area contributed by atoms with Gasteiger partial charge >= 0.3 is 6.18 Å². The van der Waals surface area contributed by atoms with Crippen molar-refractivity contribution in [3.05, 3.63) is 11.6 Å². The highest BCUT2D eigenvalue weighted by Gasteiger charge is 2.39. The van der Waals surface area contributed by atoms with Crippen LogP contribution in [0, 0.1) is 5.92 Å². The number of hydrogen-bond donors (Lipinski definition) is 1. The molecule has 2 heterocycles. The fourth-order valence-corrected chi connectivity index (χ4v) is 2.52. The molecule has 1 aliphatic rings. The van der Waals surface area contributed by atoms with Crippen molar-refractivity contribution in [1.82, 2.24) is 25.0 Å². The molecule has 1 unspecified atom stereocenters. The Labute approximate surface area is 122 Å². The molecule has 1 aliphatic heterocycles. The maximum Gasteiger partial charge on any atom is 0.451 e. The Morgan fingerprint density at radius 1 is 1.19 bits per heavy atom. The van der Waals surface area contributed by atoms with Crippen LogP contribution in [-0.4, -0.2) is 45.3 Å². The third kappa shape index (κ3) is 4.16. The van der Waals surface area contributed by atoms with E-state index in [9.17, 15) is 13.2 Å². The lowest BCUT2D eigenvalue weighted by molar-refractivity contribution is -0.148. The SMILES string of the molecule is CC(CNC(C)C)CN1CCn2c(nnc2C(F)(F)F)C1. The lowest BCUT2D eigenvalue weighted by Crippen LogP contribution is -2.40. The molecular formula is C13H22F3N5. The lowest BCUT2D eigenvalue weighted by atomic mass is 10.1. The van der Waals surface area contributed by atoms with E-state index in [1.165, 1.54) is 4.57 Å². The quantitative estimate of drug-likeness (QED) is 0.900. The first-order valence-electron chi connectivity index (χ1n) is 7.22. The molecule has 2 rings (SSSR count). The maximum atomic E-state index is 12.7. The average molecular weight is 305 g/mol. The predicted octanol–water partition coefficient (Wildman–Crippen LogP) is 1.75. The molecule has 5 nitrogen and oxygen atoms in total. The molecule has 0 bridgehead atoms. The van der Waals surface area contributed by atoms with Crippen molar-refractivity contribution in [2.75, 3.05) is 19.6 Å². The van der Waals surface area contributed by atoms with Gasteiger partial charge in [0.1, 0.15) is 5.82 Å². The fourth-order valence-electron chi connectivity index (χ4n) is 2.52. The summed E-state index contributed by atoms with van der Waals surface area (Å²) in [6.07, 6.45) is -4.43. The van der Waals surface area contributed by atoms with E-state index in [4.69, 9.17) is 0 Å². The first kappa shape index (κ1) is 16.2. The van der Waals surface area contributed by atoms with Crippen molar-refractivity contribution >= 4 is 0 Å². The molecule has 1 aromatic heterocycles. The zero-order valence-corrected chi connectivity index (χ0v) is 12.6. The molecule has 0 aromatic carbocycles. The molecule has 0 amide bonds. The van der Waals surface area contributed by atoms with Gasteiger partial charge in [-0.1, -0.05) is 20.8 Å². The van der Waals surface area contributed by atoms with Gasteiger partial charge in [-0.15, -0.1) is 10.2 Å². The van der Waals surface area contributed by atoms with Crippen LogP contribution in [0.3, 0.4) is 0 Å². The number of alkyl halides is 3. The highest BCUT2D eigenvalue weighted by Crippen LogP contribution is 2.29. The number of rotatable bonds is 5. The number of fused-ring (bicyclic) bond motifs is 1. The Bertz CT molecular complexity index is 469. The standard InChI is InChI=1S/C13H22F3N5/c1-9(2)17-6-10(3)7-20-4-5-21-11(8-20)18-19-12(21)13(14,15)16/h9-10,17H,4-8H2,1-3H3. The Hall–Kier alpha value is -1.15. The molecule has 0 aliphatic carbocycles. The van der Waals surface area contributed by atoms with Crippen molar-refractivity contribution in [2.24, 2.45) is 5.92 Å². The second-order valence-electron chi connectivity index (χ2n) is 5.99. The topological polar surface area (TPSA) is 46.0 Å². The summed E-state index contributed by atoms with van der Waals surface area (Å²) in [4.78, 5) is 2.14. The third-order valence-corrected chi connectivity index (χ3v) is 3.53. The second-order valence-corrected chi connectivity index (χ2v) is 5.99. The number of nitrogens with zero attached hydrogens (tertiary/aromatic N) is 4. The van der Waals surface area contributed by atoms with Crippen molar-refractivity contribution < 1.29 is 13.2 Å². The molecule has 8 heteroatoms. The summed E-state index contributed by atoms with van der Waals surface area (Å²) >= 11 is 0. The van der Waals surface area contributed by atoms with E-state index in [1.54, 1.807) is 0 Å². The van der Waals surface area contributed by atoms with Gasteiger partial charge in [0.25, 0.3) is 0 Å². The second kappa shape index (κ2) is 6.31. The number of aromatic nitrogens is 3. The molecule has 0 saturated carbocycles. The van der Waals surface area contributed by atoms with Gasteiger partial charge in [0.15, 0.2) is 0 Å². The van der Waals surface area contributed by atoms with Crippen LogP contribution in [0.1, 0.15) is 32.4 Å². The van der Waals surface area contributed by atoms with Gasteiger partial charge in [0.05, 0.1) is 6.54 Å². The number of hydrogen-bond acceptors (Lipinski definition) is 4. The van der Waals surface area contributed by atoms with E-state index in [0.29, 0.717) is 37.4 Å². The van der Waals surface area contributed by atoms with Crippen molar-refractivity contribution in [2.45, 2.75) is 46.1 Å². The average Bonchev–Trinajstić information content (AvgIpc) is 2.79. The Kier molecular flexibility index (Phi) is 4.88. The van der Waals surface area contributed by atoms with E-state index < -0.39 is 12.0 Å². The summed E-state index contributed by atoms with van der Waals surface area (Å²) in [5.74, 6) is -0.0479. The monoisotopic (exact) mass is 305 g/mol. The van der Waals surface area contributed by atoms with E-state index in [2.05, 4.69) is 41.2 Å². The van der Waals surface area contributed by atoms with Crippen LogP contribution in [0.4, 0.5) is 13.2 Å². The molecule has 120 valence electrons. The molecule has 0 spiro atoms. The molecule has 1 N–H and O–H groups in total. The largest absolute Gasteiger partial charge is 0.451 e. The van der Waals surface area contributed by atoms with Gasteiger partial charge in [-0.25, -0.2) is 0 Å². The minimum Gasteiger partial charge on any atom is -0.314 e. The van der Waals surface area contributed by atoms with Gasteiger partial charge in [0.2, 0.25) is 5.82 Å². The molecular weight excluding hydrogens is 283 g/mol. The predicted molar refractivity (Wildman–Crippen MR) is 72.6 cm³/mol. The smallest absolute Gasteiger partial charge is 0.314 e. The van der Waals surface area contributed by atoms with Gasteiger partial charge in [-0.05, 0) is 12.5 Å². The van der Waals surface area contributed by atoms with Crippen molar-refractivity contribution in [1.29, 1.82) is 0 Å². The summed E-state index contributed by atoms with van der Waals surface area (Å²) in [7, 11) is 0. The molecule has 1 atom stereocenters. The van der Waals surface area contributed by atoms with Crippen LogP contribution >= 0.6 is 0 Å². The first-order valence-corrected chi connectivity index (χ1v) is 7.22. The molecule has 0 fully saturated rings.